The zero-order valence-electron chi connectivity index (χ0n) is 14.5. The van der Waals surface area contributed by atoms with E-state index in [9.17, 15) is 4.79 Å². The molecule has 0 radical (unpaired) electrons. The minimum atomic E-state index is -0.206. The second-order valence-electron chi connectivity index (χ2n) is 7.39. The van der Waals surface area contributed by atoms with Crippen molar-refractivity contribution < 1.29 is 9.53 Å². The molecule has 0 saturated heterocycles. The molecule has 2 aliphatic carbocycles. The van der Waals surface area contributed by atoms with Gasteiger partial charge in [0.1, 0.15) is 5.75 Å². The zero-order valence-corrected chi connectivity index (χ0v) is 14.5. The fraction of sp³-hybridized carbons (Fsp3) is 0.600. The number of hydrazone groups is 1. The Morgan fingerprint density at radius 1 is 1.33 bits per heavy atom. The maximum atomic E-state index is 12.8. The quantitative estimate of drug-likeness (QED) is 0.823. The van der Waals surface area contributed by atoms with Crippen molar-refractivity contribution in [1.29, 1.82) is 0 Å². The number of benzene rings is 1. The average Bonchev–Trinajstić information content (AvgIpc) is 3.40. The first-order valence-electron chi connectivity index (χ1n) is 9.33. The molecular formula is C20H26N2O2. The lowest BCUT2D eigenvalue weighted by Crippen LogP contribution is -2.49. The highest BCUT2D eigenvalue weighted by Gasteiger charge is 2.46. The number of fused-ring (bicyclic) bond motifs is 1. The first-order valence-corrected chi connectivity index (χ1v) is 9.33. The molecule has 1 aromatic carbocycles. The fourth-order valence-electron chi connectivity index (χ4n) is 4.14. The van der Waals surface area contributed by atoms with Gasteiger partial charge in [-0.2, -0.15) is 5.10 Å². The van der Waals surface area contributed by atoms with Crippen molar-refractivity contribution in [3.63, 3.8) is 0 Å². The van der Waals surface area contributed by atoms with Gasteiger partial charge in [-0.15, -0.1) is 0 Å². The van der Waals surface area contributed by atoms with Crippen LogP contribution >= 0.6 is 0 Å². The van der Waals surface area contributed by atoms with Crippen molar-refractivity contribution in [3.05, 3.63) is 29.8 Å². The minimum absolute atomic E-state index is 0.189. The molecule has 128 valence electrons. The van der Waals surface area contributed by atoms with E-state index in [0.717, 1.165) is 31.6 Å². The average molecular weight is 326 g/mol. The van der Waals surface area contributed by atoms with Gasteiger partial charge in [0.05, 0.1) is 6.61 Å². The van der Waals surface area contributed by atoms with Crippen LogP contribution in [0.25, 0.3) is 0 Å². The molecule has 4 nitrogen and oxygen atoms in total. The SMILES string of the molecule is CCOc1cccc(C23CCCCC2=NN(CC2CC2)C(=O)C3)c1. The first kappa shape index (κ1) is 15.7. The predicted molar refractivity (Wildman–Crippen MR) is 94.2 cm³/mol. The van der Waals surface area contributed by atoms with Crippen molar-refractivity contribution in [2.75, 3.05) is 13.2 Å². The largest absolute Gasteiger partial charge is 0.494 e. The van der Waals surface area contributed by atoms with Crippen LogP contribution in [0.5, 0.6) is 5.75 Å². The summed E-state index contributed by atoms with van der Waals surface area (Å²) < 4.78 is 5.69. The monoisotopic (exact) mass is 326 g/mol. The molecule has 3 aliphatic rings. The summed E-state index contributed by atoms with van der Waals surface area (Å²) in [5, 5.41) is 6.62. The second-order valence-corrected chi connectivity index (χ2v) is 7.39. The van der Waals surface area contributed by atoms with Crippen LogP contribution in [0, 0.1) is 5.92 Å². The summed E-state index contributed by atoms with van der Waals surface area (Å²) in [6.07, 6.45) is 7.42. The van der Waals surface area contributed by atoms with Crippen LogP contribution in [-0.4, -0.2) is 29.8 Å². The smallest absolute Gasteiger partial charge is 0.243 e. The molecule has 4 heteroatoms. The fourth-order valence-corrected chi connectivity index (χ4v) is 4.14. The lowest BCUT2D eigenvalue weighted by Gasteiger charge is -2.43. The molecule has 1 atom stereocenters. The van der Waals surface area contributed by atoms with Gasteiger partial charge >= 0.3 is 0 Å². The van der Waals surface area contributed by atoms with Gasteiger partial charge in [-0.3, -0.25) is 4.79 Å². The minimum Gasteiger partial charge on any atom is -0.494 e. The van der Waals surface area contributed by atoms with Gasteiger partial charge < -0.3 is 4.74 Å². The van der Waals surface area contributed by atoms with Gasteiger partial charge in [0.15, 0.2) is 0 Å². The Labute approximate surface area is 143 Å². The Balaban J connectivity index is 1.70. The Morgan fingerprint density at radius 2 is 2.21 bits per heavy atom. The summed E-state index contributed by atoms with van der Waals surface area (Å²) in [5.41, 5.74) is 2.21. The topological polar surface area (TPSA) is 41.9 Å². The molecule has 0 aromatic heterocycles. The first-order chi connectivity index (χ1) is 11.7. The van der Waals surface area contributed by atoms with Gasteiger partial charge in [0, 0.05) is 24.1 Å². The van der Waals surface area contributed by atoms with E-state index in [0.29, 0.717) is 18.9 Å². The summed E-state index contributed by atoms with van der Waals surface area (Å²) in [6, 6.07) is 8.30. The van der Waals surface area contributed by atoms with Crippen LogP contribution < -0.4 is 4.74 Å². The number of hydrogen-bond acceptors (Lipinski definition) is 3. The van der Waals surface area contributed by atoms with Gasteiger partial charge in [0.2, 0.25) is 5.91 Å². The van der Waals surface area contributed by atoms with E-state index >= 15 is 0 Å². The summed E-state index contributed by atoms with van der Waals surface area (Å²) in [5.74, 6) is 1.76. The Hall–Kier alpha value is -1.84. The number of ether oxygens (including phenoxy) is 1. The highest BCUT2D eigenvalue weighted by Crippen LogP contribution is 2.44. The molecule has 0 bridgehead atoms. The van der Waals surface area contributed by atoms with Crippen molar-refractivity contribution >= 4 is 11.6 Å². The third-order valence-electron chi connectivity index (χ3n) is 5.63. The van der Waals surface area contributed by atoms with Crippen LogP contribution in [0.1, 0.15) is 57.4 Å². The van der Waals surface area contributed by atoms with Crippen LogP contribution in [0.15, 0.2) is 29.4 Å². The van der Waals surface area contributed by atoms with Crippen LogP contribution in [0.3, 0.4) is 0 Å². The van der Waals surface area contributed by atoms with Crippen LogP contribution in [0.2, 0.25) is 0 Å². The summed E-state index contributed by atoms with van der Waals surface area (Å²) >= 11 is 0. The number of rotatable bonds is 5. The van der Waals surface area contributed by atoms with Gasteiger partial charge in [-0.1, -0.05) is 18.6 Å². The molecule has 4 rings (SSSR count). The van der Waals surface area contributed by atoms with Crippen molar-refractivity contribution in [3.8, 4) is 5.75 Å². The molecule has 1 amide bonds. The Kier molecular flexibility index (Phi) is 4.07. The number of carbonyl (C=O) groups is 1. The predicted octanol–water partition coefficient (Wildman–Crippen LogP) is 3.90. The number of amides is 1. The third kappa shape index (κ3) is 2.83. The maximum absolute atomic E-state index is 12.8. The highest BCUT2D eigenvalue weighted by atomic mass is 16.5. The Morgan fingerprint density at radius 3 is 3.00 bits per heavy atom. The lowest BCUT2D eigenvalue weighted by atomic mass is 9.65. The summed E-state index contributed by atoms with van der Waals surface area (Å²) in [4.78, 5) is 12.8. The number of nitrogens with zero attached hydrogens (tertiary/aromatic N) is 2. The summed E-state index contributed by atoms with van der Waals surface area (Å²) in [7, 11) is 0. The van der Waals surface area contributed by atoms with E-state index in [1.165, 1.54) is 30.5 Å². The van der Waals surface area contributed by atoms with Crippen LogP contribution in [-0.2, 0) is 10.2 Å². The zero-order chi connectivity index (χ0) is 16.6. The number of carbonyl (C=O) groups excluding carboxylic acids is 1. The third-order valence-corrected chi connectivity index (χ3v) is 5.63. The molecule has 0 N–H and O–H groups in total. The van der Waals surface area contributed by atoms with Gasteiger partial charge in [-0.25, -0.2) is 5.01 Å². The standard InChI is InChI=1S/C20H26N2O2/c1-2-24-17-7-5-6-16(12-17)20-11-4-3-8-18(20)21-22(19(23)13-20)14-15-9-10-15/h5-7,12,15H,2-4,8-11,13-14H2,1H3. The van der Waals surface area contributed by atoms with Crippen molar-refractivity contribution in [1.82, 2.24) is 5.01 Å². The molecule has 1 aliphatic heterocycles. The molecule has 24 heavy (non-hydrogen) atoms. The van der Waals surface area contributed by atoms with E-state index in [2.05, 4.69) is 12.1 Å². The second kappa shape index (κ2) is 6.23. The van der Waals surface area contributed by atoms with Crippen LogP contribution in [0.4, 0.5) is 0 Å². The lowest BCUT2D eigenvalue weighted by molar-refractivity contribution is -0.133. The normalized spacial score (nSPS) is 26.8. The van der Waals surface area contributed by atoms with E-state index in [1.54, 1.807) is 5.01 Å². The van der Waals surface area contributed by atoms with Crippen molar-refractivity contribution in [2.24, 2.45) is 11.0 Å². The molecule has 1 aromatic rings. The molecular weight excluding hydrogens is 300 g/mol. The molecule has 2 fully saturated rings. The molecule has 2 saturated carbocycles. The van der Waals surface area contributed by atoms with Gasteiger partial charge in [0.25, 0.3) is 0 Å². The van der Waals surface area contributed by atoms with E-state index in [1.807, 2.05) is 19.1 Å². The molecule has 1 unspecified atom stereocenters. The summed E-state index contributed by atoms with van der Waals surface area (Å²) in [6.45, 7) is 3.47. The van der Waals surface area contributed by atoms with E-state index < -0.39 is 0 Å². The number of hydrogen-bond donors (Lipinski definition) is 0. The molecule has 0 spiro atoms. The van der Waals surface area contributed by atoms with Crippen molar-refractivity contribution in [2.45, 2.75) is 57.3 Å². The highest BCUT2D eigenvalue weighted by molar-refractivity contribution is 6.02. The van der Waals surface area contributed by atoms with E-state index in [-0.39, 0.29) is 11.3 Å². The maximum Gasteiger partial charge on any atom is 0.243 e. The van der Waals surface area contributed by atoms with E-state index in [4.69, 9.17) is 9.84 Å². The molecule has 1 heterocycles. The van der Waals surface area contributed by atoms with Gasteiger partial charge in [-0.05, 0) is 62.6 Å². The Bertz CT molecular complexity index is 665.